The summed E-state index contributed by atoms with van der Waals surface area (Å²) in [6.45, 7) is 4.62. The number of nitrogens with one attached hydrogen (secondary N) is 1. The first-order chi connectivity index (χ1) is 11.1. The number of amides is 1. The topological polar surface area (TPSA) is 68.0 Å². The number of aryl methyl sites for hydroxylation is 2. The van der Waals surface area contributed by atoms with E-state index >= 15 is 0 Å². The molecule has 0 atom stereocenters. The third kappa shape index (κ3) is 3.84. The number of hydrogen-bond acceptors (Lipinski definition) is 5. The van der Waals surface area contributed by atoms with E-state index in [4.69, 9.17) is 4.42 Å². The van der Waals surface area contributed by atoms with E-state index in [1.807, 2.05) is 22.9 Å². The molecule has 23 heavy (non-hydrogen) atoms. The van der Waals surface area contributed by atoms with Crippen molar-refractivity contribution in [3.05, 3.63) is 57.6 Å². The van der Waals surface area contributed by atoms with Gasteiger partial charge in [0.2, 0.25) is 17.7 Å². The summed E-state index contributed by atoms with van der Waals surface area (Å²) in [5.41, 5.74) is 4.41. The van der Waals surface area contributed by atoms with Gasteiger partial charge in [-0.1, -0.05) is 18.2 Å². The summed E-state index contributed by atoms with van der Waals surface area (Å²) >= 11 is 1.56. The number of carbonyl (C=O) groups excluding carboxylic acids is 1. The monoisotopic (exact) mass is 327 g/mol. The molecule has 2 aromatic heterocycles. The van der Waals surface area contributed by atoms with Gasteiger partial charge in [-0.15, -0.1) is 10.2 Å². The van der Waals surface area contributed by atoms with Crippen LogP contribution in [0.5, 0.6) is 0 Å². The Bertz CT molecular complexity index is 809. The Balaban J connectivity index is 1.56. The van der Waals surface area contributed by atoms with E-state index < -0.39 is 0 Å². The third-order valence-corrected chi connectivity index (χ3v) is 4.29. The summed E-state index contributed by atoms with van der Waals surface area (Å²) in [5.74, 6) is 0.635. The fourth-order valence-electron chi connectivity index (χ4n) is 2.14. The molecule has 0 aliphatic carbocycles. The van der Waals surface area contributed by atoms with Crippen LogP contribution in [-0.2, 0) is 17.8 Å². The van der Waals surface area contributed by atoms with Crippen LogP contribution in [0.25, 0.3) is 11.5 Å². The predicted molar refractivity (Wildman–Crippen MR) is 89.1 cm³/mol. The van der Waals surface area contributed by atoms with Gasteiger partial charge in [0.15, 0.2) is 0 Å². The minimum Gasteiger partial charge on any atom is -0.420 e. The normalized spacial score (nSPS) is 10.7. The van der Waals surface area contributed by atoms with Gasteiger partial charge in [0.1, 0.15) is 6.42 Å². The van der Waals surface area contributed by atoms with Crippen LogP contribution < -0.4 is 5.32 Å². The second-order valence-corrected chi connectivity index (χ2v) is 6.17. The summed E-state index contributed by atoms with van der Waals surface area (Å²) in [4.78, 5) is 12.0. The van der Waals surface area contributed by atoms with Gasteiger partial charge >= 0.3 is 0 Å². The molecule has 6 heteroatoms. The van der Waals surface area contributed by atoms with Crippen molar-refractivity contribution in [3.8, 4) is 11.5 Å². The smallest absolute Gasteiger partial charge is 0.248 e. The third-order valence-electron chi connectivity index (χ3n) is 3.61. The van der Waals surface area contributed by atoms with Gasteiger partial charge in [-0.25, -0.2) is 0 Å². The Labute approximate surface area is 138 Å². The number of hydrogen-bond donors (Lipinski definition) is 1. The van der Waals surface area contributed by atoms with Crippen LogP contribution in [0.4, 0.5) is 0 Å². The van der Waals surface area contributed by atoms with Crippen molar-refractivity contribution in [1.82, 2.24) is 15.5 Å². The van der Waals surface area contributed by atoms with E-state index in [0.29, 0.717) is 18.3 Å². The molecule has 0 saturated carbocycles. The van der Waals surface area contributed by atoms with Crippen molar-refractivity contribution in [2.45, 2.75) is 26.8 Å². The van der Waals surface area contributed by atoms with Crippen LogP contribution in [-0.4, -0.2) is 16.1 Å². The van der Waals surface area contributed by atoms with E-state index in [0.717, 1.165) is 11.1 Å². The average Bonchev–Trinajstić information content (AvgIpc) is 3.19. The van der Waals surface area contributed by atoms with Gasteiger partial charge in [-0.3, -0.25) is 4.79 Å². The molecule has 3 rings (SSSR count). The first-order valence-corrected chi connectivity index (χ1v) is 8.24. The quantitative estimate of drug-likeness (QED) is 0.781. The molecule has 1 N–H and O–H groups in total. The molecule has 5 nitrogen and oxygen atoms in total. The zero-order valence-corrected chi connectivity index (χ0v) is 13.8. The second-order valence-electron chi connectivity index (χ2n) is 5.39. The lowest BCUT2D eigenvalue weighted by atomic mass is 10.1. The second kappa shape index (κ2) is 6.75. The molecule has 0 aliphatic heterocycles. The van der Waals surface area contributed by atoms with Crippen LogP contribution in [0, 0.1) is 13.8 Å². The Morgan fingerprint density at radius 2 is 2.09 bits per heavy atom. The SMILES string of the molecule is Cc1ccc(CNC(=O)Cc2nnc(-c3ccsc3)o2)cc1C. The number of carbonyl (C=O) groups is 1. The zero-order chi connectivity index (χ0) is 16.2. The molecule has 2 heterocycles. The summed E-state index contributed by atoms with van der Waals surface area (Å²) in [5, 5.41) is 14.6. The highest BCUT2D eigenvalue weighted by Gasteiger charge is 2.12. The highest BCUT2D eigenvalue weighted by molar-refractivity contribution is 7.08. The number of benzene rings is 1. The highest BCUT2D eigenvalue weighted by atomic mass is 32.1. The molecule has 1 amide bonds. The maximum Gasteiger partial charge on any atom is 0.248 e. The van der Waals surface area contributed by atoms with Crippen LogP contribution in [0.1, 0.15) is 22.6 Å². The average molecular weight is 327 g/mol. The lowest BCUT2D eigenvalue weighted by Gasteiger charge is -2.06. The number of aromatic nitrogens is 2. The first-order valence-electron chi connectivity index (χ1n) is 7.29. The minimum atomic E-state index is -0.135. The van der Waals surface area contributed by atoms with Gasteiger partial charge in [0, 0.05) is 17.5 Å². The van der Waals surface area contributed by atoms with Crippen molar-refractivity contribution in [3.63, 3.8) is 0 Å². The summed E-state index contributed by atoms with van der Waals surface area (Å²) < 4.78 is 5.51. The van der Waals surface area contributed by atoms with Gasteiger partial charge in [0.05, 0.1) is 0 Å². The molecule has 0 bridgehead atoms. The maximum absolute atomic E-state index is 12.0. The van der Waals surface area contributed by atoms with E-state index in [1.54, 1.807) is 11.3 Å². The van der Waals surface area contributed by atoms with Crippen molar-refractivity contribution in [2.24, 2.45) is 0 Å². The summed E-state index contributed by atoms with van der Waals surface area (Å²) in [6.07, 6.45) is 0.0853. The molecule has 0 aliphatic rings. The first kappa shape index (κ1) is 15.4. The van der Waals surface area contributed by atoms with Crippen LogP contribution in [0.15, 0.2) is 39.4 Å². The Hall–Kier alpha value is -2.47. The fourth-order valence-corrected chi connectivity index (χ4v) is 2.77. The van der Waals surface area contributed by atoms with Gasteiger partial charge in [-0.05, 0) is 42.0 Å². The fraction of sp³-hybridized carbons (Fsp3) is 0.235. The molecule has 1 aromatic carbocycles. The molecular formula is C17H17N3O2S. The highest BCUT2D eigenvalue weighted by Crippen LogP contribution is 2.20. The Morgan fingerprint density at radius 1 is 1.22 bits per heavy atom. The lowest BCUT2D eigenvalue weighted by Crippen LogP contribution is -2.24. The van der Waals surface area contributed by atoms with E-state index in [2.05, 4.69) is 41.5 Å². The Kier molecular flexibility index (Phi) is 4.52. The van der Waals surface area contributed by atoms with E-state index in [-0.39, 0.29) is 12.3 Å². The molecular weight excluding hydrogens is 310 g/mol. The largest absolute Gasteiger partial charge is 0.420 e. The van der Waals surface area contributed by atoms with Gasteiger partial charge < -0.3 is 9.73 Å². The van der Waals surface area contributed by atoms with Crippen molar-refractivity contribution >= 4 is 17.2 Å². The number of nitrogens with zero attached hydrogens (tertiary/aromatic N) is 2. The van der Waals surface area contributed by atoms with Crippen molar-refractivity contribution in [2.75, 3.05) is 0 Å². The summed E-state index contributed by atoms with van der Waals surface area (Å²) in [6, 6.07) is 8.06. The summed E-state index contributed by atoms with van der Waals surface area (Å²) in [7, 11) is 0. The van der Waals surface area contributed by atoms with Gasteiger partial charge in [0.25, 0.3) is 0 Å². The van der Waals surface area contributed by atoms with Crippen molar-refractivity contribution in [1.29, 1.82) is 0 Å². The van der Waals surface area contributed by atoms with E-state index in [1.165, 1.54) is 11.1 Å². The van der Waals surface area contributed by atoms with Crippen LogP contribution >= 0.6 is 11.3 Å². The molecule has 0 radical (unpaired) electrons. The van der Waals surface area contributed by atoms with Gasteiger partial charge in [-0.2, -0.15) is 11.3 Å². The molecule has 0 saturated heterocycles. The lowest BCUT2D eigenvalue weighted by molar-refractivity contribution is -0.120. The maximum atomic E-state index is 12.0. The van der Waals surface area contributed by atoms with E-state index in [9.17, 15) is 4.79 Å². The molecule has 0 unspecified atom stereocenters. The molecule has 118 valence electrons. The number of thiophene rings is 1. The zero-order valence-electron chi connectivity index (χ0n) is 13.0. The van der Waals surface area contributed by atoms with Crippen molar-refractivity contribution < 1.29 is 9.21 Å². The molecule has 0 spiro atoms. The standard InChI is InChI=1S/C17H17N3O2S/c1-11-3-4-13(7-12(11)2)9-18-15(21)8-16-19-20-17(22-16)14-5-6-23-10-14/h3-7,10H,8-9H2,1-2H3,(H,18,21). The van der Waals surface area contributed by atoms with Crippen LogP contribution in [0.2, 0.25) is 0 Å². The Morgan fingerprint density at radius 3 is 2.83 bits per heavy atom. The molecule has 0 fully saturated rings. The predicted octanol–water partition coefficient (Wildman–Crippen LogP) is 3.27. The van der Waals surface area contributed by atoms with Crippen LogP contribution in [0.3, 0.4) is 0 Å². The number of rotatable bonds is 5. The molecule has 3 aromatic rings. The minimum absolute atomic E-state index is 0.0853.